The Bertz CT molecular complexity index is 1190. The summed E-state index contributed by atoms with van der Waals surface area (Å²) in [7, 11) is 1.60. The van der Waals surface area contributed by atoms with Crippen LogP contribution in [0, 0.1) is 34.5 Å². The first-order valence-electron chi connectivity index (χ1n) is 11.0. The third-order valence-corrected chi connectivity index (χ3v) is 7.18. The van der Waals surface area contributed by atoms with Crippen molar-refractivity contribution in [2.75, 3.05) is 5.32 Å². The second-order valence-electron chi connectivity index (χ2n) is 9.56. The predicted molar refractivity (Wildman–Crippen MR) is 114 cm³/mol. The highest BCUT2D eigenvalue weighted by Gasteiger charge is 2.60. The van der Waals surface area contributed by atoms with E-state index in [0.29, 0.717) is 12.8 Å². The van der Waals surface area contributed by atoms with Gasteiger partial charge in [-0.2, -0.15) is 4.39 Å². The van der Waals surface area contributed by atoms with E-state index in [1.807, 2.05) is 6.92 Å². The van der Waals surface area contributed by atoms with Gasteiger partial charge in [-0.3, -0.25) is 10.1 Å². The molecule has 4 saturated carbocycles. The van der Waals surface area contributed by atoms with E-state index in [2.05, 4.69) is 32.5 Å². The van der Waals surface area contributed by atoms with Crippen molar-refractivity contribution in [2.24, 2.45) is 23.8 Å². The number of hydrogen-bond acceptors (Lipinski definition) is 6. The number of halogens is 1. The molecule has 1 amide bonds. The standard InChI is InChI=1S/C23H24FN5O4/c1-13(23-9-14(10-23)11-23)33-21(32)26-20-18(27-28-29(20)2)16-4-3-15(19(24)25-16)5-6-22(7-8-22)12-17(30)31/h3-4,13-14H,7-12H2,1-2H3,(H,26,32)(H,30,31). The SMILES string of the molecule is CC(OC(=O)Nc1c(-c2ccc(C#CC3(CC(=O)O)CC3)c(F)n2)nnn1C)C12CC(C1)C2. The number of carboxylic acid groups (broad SMARTS) is 1. The van der Waals surface area contributed by atoms with E-state index in [4.69, 9.17) is 9.84 Å². The molecule has 0 aliphatic heterocycles. The smallest absolute Gasteiger partial charge is 0.413 e. The average Bonchev–Trinajstić information content (AvgIpc) is 3.32. The first-order chi connectivity index (χ1) is 15.7. The number of nitrogens with one attached hydrogen (secondary N) is 1. The average molecular weight is 453 g/mol. The Balaban J connectivity index is 1.30. The van der Waals surface area contributed by atoms with Gasteiger partial charge < -0.3 is 9.84 Å². The van der Waals surface area contributed by atoms with E-state index >= 15 is 0 Å². The second-order valence-corrected chi connectivity index (χ2v) is 9.56. The summed E-state index contributed by atoms with van der Waals surface area (Å²) in [5.74, 6) is 4.91. The molecule has 0 saturated heterocycles. The summed E-state index contributed by atoms with van der Waals surface area (Å²) in [6, 6.07) is 3.00. The fourth-order valence-corrected chi connectivity index (χ4v) is 4.77. The van der Waals surface area contributed by atoms with Crippen LogP contribution in [0.25, 0.3) is 11.4 Å². The predicted octanol–water partition coefficient (Wildman–Crippen LogP) is 3.36. The summed E-state index contributed by atoms with van der Waals surface area (Å²) < 4.78 is 21.6. The number of pyridine rings is 1. The third-order valence-electron chi connectivity index (χ3n) is 7.18. The molecule has 10 heteroatoms. The maximum absolute atomic E-state index is 14.7. The van der Waals surface area contributed by atoms with Crippen molar-refractivity contribution in [3.63, 3.8) is 0 Å². The molecular formula is C23H24FN5O4. The minimum Gasteiger partial charge on any atom is -0.481 e. The number of aliphatic carboxylic acids is 1. The van der Waals surface area contributed by atoms with E-state index in [-0.39, 0.29) is 40.7 Å². The number of carboxylic acids is 1. The van der Waals surface area contributed by atoms with Crippen molar-refractivity contribution in [2.45, 2.75) is 51.6 Å². The molecule has 0 spiro atoms. The third kappa shape index (κ3) is 3.92. The quantitative estimate of drug-likeness (QED) is 0.508. The molecule has 172 valence electrons. The Hall–Kier alpha value is -3.48. The summed E-state index contributed by atoms with van der Waals surface area (Å²) in [5, 5.41) is 19.6. The number of nitrogens with zero attached hydrogens (tertiary/aromatic N) is 4. The highest BCUT2D eigenvalue weighted by molar-refractivity contribution is 5.88. The highest BCUT2D eigenvalue weighted by atomic mass is 19.1. The molecule has 1 unspecified atom stereocenters. The summed E-state index contributed by atoms with van der Waals surface area (Å²) in [5.41, 5.74) is 0.00741. The molecule has 2 aromatic heterocycles. The van der Waals surface area contributed by atoms with Crippen LogP contribution in [0.5, 0.6) is 0 Å². The van der Waals surface area contributed by atoms with Crippen LogP contribution in [0.15, 0.2) is 12.1 Å². The maximum atomic E-state index is 14.7. The first kappa shape index (κ1) is 21.4. The van der Waals surface area contributed by atoms with Crippen LogP contribution in [0.1, 0.15) is 51.0 Å². The number of rotatable bonds is 6. The molecule has 2 bridgehead atoms. The van der Waals surface area contributed by atoms with Gasteiger partial charge in [0.05, 0.1) is 17.7 Å². The lowest BCUT2D eigenvalue weighted by atomic mass is 9.42. The largest absolute Gasteiger partial charge is 0.481 e. The number of carbonyl (C=O) groups is 2. The lowest BCUT2D eigenvalue weighted by Crippen LogP contribution is -2.58. The highest BCUT2D eigenvalue weighted by Crippen LogP contribution is 2.66. The van der Waals surface area contributed by atoms with Gasteiger partial charge in [-0.15, -0.1) is 5.10 Å². The molecule has 2 N–H and O–H groups in total. The van der Waals surface area contributed by atoms with Crippen molar-refractivity contribution in [3.8, 4) is 23.2 Å². The van der Waals surface area contributed by atoms with E-state index in [1.54, 1.807) is 7.05 Å². The molecular weight excluding hydrogens is 429 g/mol. The number of ether oxygens (including phenoxy) is 1. The Morgan fingerprint density at radius 2 is 2.09 bits per heavy atom. The van der Waals surface area contributed by atoms with Gasteiger partial charge >= 0.3 is 12.1 Å². The molecule has 33 heavy (non-hydrogen) atoms. The number of aryl methyl sites for hydroxylation is 1. The van der Waals surface area contributed by atoms with Crippen LogP contribution in [-0.4, -0.2) is 43.3 Å². The molecule has 2 aromatic rings. The van der Waals surface area contributed by atoms with Crippen molar-refractivity contribution < 1.29 is 23.8 Å². The zero-order valence-corrected chi connectivity index (χ0v) is 18.4. The fourth-order valence-electron chi connectivity index (χ4n) is 4.77. The van der Waals surface area contributed by atoms with E-state index in [0.717, 1.165) is 25.2 Å². The minimum atomic E-state index is -0.921. The van der Waals surface area contributed by atoms with Crippen LogP contribution < -0.4 is 5.32 Å². The van der Waals surface area contributed by atoms with Crippen LogP contribution in [0.2, 0.25) is 0 Å². The van der Waals surface area contributed by atoms with Gasteiger partial charge in [-0.25, -0.2) is 14.5 Å². The van der Waals surface area contributed by atoms with Crippen LogP contribution in [0.4, 0.5) is 15.0 Å². The molecule has 4 fully saturated rings. The molecule has 4 aliphatic carbocycles. The number of amides is 1. The normalized spacial score (nSPS) is 24.4. The number of hydrogen-bond donors (Lipinski definition) is 2. The van der Waals surface area contributed by atoms with Crippen molar-refractivity contribution in [1.29, 1.82) is 0 Å². The fraction of sp³-hybridized carbons (Fsp3) is 0.522. The van der Waals surface area contributed by atoms with Gasteiger partial charge in [-0.05, 0) is 57.1 Å². The van der Waals surface area contributed by atoms with Gasteiger partial charge in [0.25, 0.3) is 0 Å². The molecule has 6 rings (SSSR count). The van der Waals surface area contributed by atoms with E-state index < -0.39 is 23.4 Å². The van der Waals surface area contributed by atoms with E-state index in [9.17, 15) is 14.0 Å². The Morgan fingerprint density at radius 1 is 1.36 bits per heavy atom. The van der Waals surface area contributed by atoms with Gasteiger partial charge in [-0.1, -0.05) is 17.1 Å². The zero-order chi connectivity index (χ0) is 23.4. The monoisotopic (exact) mass is 453 g/mol. The second kappa shape index (κ2) is 7.54. The molecule has 4 aliphatic rings. The van der Waals surface area contributed by atoms with Gasteiger partial charge in [0.2, 0.25) is 5.95 Å². The Kier molecular flexibility index (Phi) is 4.88. The first-order valence-corrected chi connectivity index (χ1v) is 11.0. The molecule has 2 heterocycles. The van der Waals surface area contributed by atoms with Crippen LogP contribution in [0.3, 0.4) is 0 Å². The molecule has 1 atom stereocenters. The lowest BCUT2D eigenvalue weighted by molar-refractivity contribution is -0.175. The summed E-state index contributed by atoms with van der Waals surface area (Å²) in [6.07, 6.45) is 3.83. The number of anilines is 1. The van der Waals surface area contributed by atoms with Gasteiger partial charge in [0, 0.05) is 17.9 Å². The van der Waals surface area contributed by atoms with Gasteiger partial charge in [0.1, 0.15) is 6.10 Å². The van der Waals surface area contributed by atoms with Crippen LogP contribution in [-0.2, 0) is 16.6 Å². The zero-order valence-electron chi connectivity index (χ0n) is 18.4. The Labute approximate surface area is 189 Å². The summed E-state index contributed by atoms with van der Waals surface area (Å²) >= 11 is 0. The molecule has 0 aromatic carbocycles. The van der Waals surface area contributed by atoms with E-state index in [1.165, 1.54) is 16.8 Å². The van der Waals surface area contributed by atoms with Crippen molar-refractivity contribution in [1.82, 2.24) is 20.0 Å². The number of aromatic nitrogens is 4. The summed E-state index contributed by atoms with van der Waals surface area (Å²) in [4.78, 5) is 27.4. The topological polar surface area (TPSA) is 119 Å². The summed E-state index contributed by atoms with van der Waals surface area (Å²) in [6.45, 7) is 1.91. The minimum absolute atomic E-state index is 0.0574. The maximum Gasteiger partial charge on any atom is 0.413 e. The molecule has 9 nitrogen and oxygen atoms in total. The molecule has 0 radical (unpaired) electrons. The van der Waals surface area contributed by atoms with Gasteiger partial charge in [0.15, 0.2) is 11.5 Å². The van der Waals surface area contributed by atoms with Crippen molar-refractivity contribution >= 4 is 17.9 Å². The Morgan fingerprint density at radius 3 is 2.67 bits per heavy atom. The lowest BCUT2D eigenvalue weighted by Gasteiger charge is -2.63. The van der Waals surface area contributed by atoms with Crippen LogP contribution >= 0.6 is 0 Å². The number of carbonyl (C=O) groups excluding carboxylic acids is 1. The van der Waals surface area contributed by atoms with Crippen molar-refractivity contribution in [3.05, 3.63) is 23.6 Å².